The molecule has 1 N–H and O–H groups in total. The molecule has 1 aromatic heterocycles. The number of aromatic nitrogens is 1. The fourth-order valence-electron chi connectivity index (χ4n) is 5.22. The zero-order valence-electron chi connectivity index (χ0n) is 25.1. The van der Waals surface area contributed by atoms with Gasteiger partial charge in [-0.3, -0.25) is 14.7 Å². The Morgan fingerprint density at radius 2 is 1.47 bits per heavy atom. The van der Waals surface area contributed by atoms with Crippen LogP contribution < -0.4 is 29.2 Å². The Bertz CT molecular complexity index is 1490. The van der Waals surface area contributed by atoms with Gasteiger partial charge in [-0.15, -0.1) is 0 Å². The zero-order chi connectivity index (χ0) is 30.2. The van der Waals surface area contributed by atoms with Crippen LogP contribution >= 0.6 is 0 Å². The van der Waals surface area contributed by atoms with Crippen molar-refractivity contribution < 1.29 is 23.7 Å². The highest BCUT2D eigenvalue weighted by atomic mass is 16.5. The van der Waals surface area contributed by atoms with Crippen molar-refractivity contribution in [1.82, 2.24) is 9.88 Å². The first kappa shape index (κ1) is 29.7. The smallest absolute Gasteiger partial charge is 0.255 e. The van der Waals surface area contributed by atoms with Gasteiger partial charge in [0, 0.05) is 61.4 Å². The maximum absolute atomic E-state index is 12.7. The molecular weight excluding hydrogens is 544 g/mol. The molecule has 224 valence electrons. The van der Waals surface area contributed by atoms with E-state index in [9.17, 15) is 4.79 Å². The number of nitrogens with one attached hydrogen (secondary N) is 1. The molecule has 0 spiro atoms. The third-order valence-corrected chi connectivity index (χ3v) is 7.56. The second-order valence-corrected chi connectivity index (χ2v) is 10.2. The Morgan fingerprint density at radius 3 is 2.07 bits per heavy atom. The summed E-state index contributed by atoms with van der Waals surface area (Å²) in [7, 11) is 5.00. The standard InChI is InChI=1S/C34H38N4O5/c1-5-43-30-18-26(21-35-22-30)25-19-32(41-3)31(33(20-25)42-4)23-37-14-16-38(17-15-37)28-10-6-24(7-11-28)34(39)36-27-8-12-29(40-2)13-9-27/h6-13,18-22H,5,14-17,23H2,1-4H3,(H,36,39). The van der Waals surface area contributed by atoms with Crippen LogP contribution in [0.15, 0.2) is 79.1 Å². The van der Waals surface area contributed by atoms with Crippen LogP contribution in [0.3, 0.4) is 0 Å². The van der Waals surface area contributed by atoms with E-state index in [1.165, 1.54) is 0 Å². The van der Waals surface area contributed by atoms with Gasteiger partial charge in [-0.25, -0.2) is 0 Å². The average molecular weight is 583 g/mol. The molecule has 0 aliphatic carbocycles. The lowest BCUT2D eigenvalue weighted by molar-refractivity contribution is 0.102. The Balaban J connectivity index is 1.21. The van der Waals surface area contributed by atoms with Crippen LogP contribution in [0.1, 0.15) is 22.8 Å². The molecule has 0 saturated carbocycles. The molecule has 2 heterocycles. The summed E-state index contributed by atoms with van der Waals surface area (Å²) in [5, 5.41) is 2.93. The van der Waals surface area contributed by atoms with Gasteiger partial charge in [-0.1, -0.05) is 0 Å². The number of pyridine rings is 1. The Hall–Kier alpha value is -4.76. The fourth-order valence-corrected chi connectivity index (χ4v) is 5.22. The number of carbonyl (C=O) groups excluding carboxylic acids is 1. The molecule has 5 rings (SSSR count). The van der Waals surface area contributed by atoms with E-state index in [-0.39, 0.29) is 5.91 Å². The van der Waals surface area contributed by atoms with Gasteiger partial charge in [-0.05, 0) is 79.2 Å². The molecular formula is C34H38N4O5. The topological polar surface area (TPSA) is 85.4 Å². The van der Waals surface area contributed by atoms with Crippen molar-refractivity contribution in [1.29, 1.82) is 0 Å². The third-order valence-electron chi connectivity index (χ3n) is 7.56. The predicted molar refractivity (Wildman–Crippen MR) is 169 cm³/mol. The summed E-state index contributed by atoms with van der Waals surface area (Å²) in [5.74, 6) is 2.89. The van der Waals surface area contributed by atoms with Gasteiger partial charge in [0.1, 0.15) is 23.0 Å². The van der Waals surface area contributed by atoms with Crippen LogP contribution in [0, 0.1) is 0 Å². The SMILES string of the molecule is CCOc1cncc(-c2cc(OC)c(CN3CCN(c4ccc(C(=O)Nc5ccc(OC)cc5)cc4)CC3)c(OC)c2)c1. The minimum Gasteiger partial charge on any atom is -0.497 e. The molecule has 9 nitrogen and oxygen atoms in total. The number of nitrogens with zero attached hydrogens (tertiary/aromatic N) is 3. The van der Waals surface area contributed by atoms with E-state index >= 15 is 0 Å². The highest BCUT2D eigenvalue weighted by molar-refractivity contribution is 6.04. The van der Waals surface area contributed by atoms with E-state index in [4.69, 9.17) is 18.9 Å². The average Bonchev–Trinajstić information content (AvgIpc) is 3.06. The molecule has 1 aliphatic rings. The normalized spacial score (nSPS) is 13.3. The number of benzene rings is 3. The number of rotatable bonds is 11. The molecule has 1 amide bonds. The van der Waals surface area contributed by atoms with E-state index in [1.807, 2.05) is 79.9 Å². The van der Waals surface area contributed by atoms with Gasteiger partial charge >= 0.3 is 0 Å². The lowest BCUT2D eigenvalue weighted by Crippen LogP contribution is -2.46. The minimum absolute atomic E-state index is 0.145. The molecule has 3 aromatic carbocycles. The van der Waals surface area contributed by atoms with Gasteiger partial charge in [0.2, 0.25) is 0 Å². The first-order chi connectivity index (χ1) is 21.0. The first-order valence-electron chi connectivity index (χ1n) is 14.4. The third kappa shape index (κ3) is 7.18. The summed E-state index contributed by atoms with van der Waals surface area (Å²) >= 11 is 0. The number of ether oxygens (including phenoxy) is 4. The van der Waals surface area contributed by atoms with Crippen molar-refractivity contribution in [2.75, 3.05) is 64.3 Å². The quantitative estimate of drug-likeness (QED) is 0.239. The van der Waals surface area contributed by atoms with E-state index in [0.717, 1.165) is 77.2 Å². The second-order valence-electron chi connectivity index (χ2n) is 10.2. The number of hydrogen-bond acceptors (Lipinski definition) is 8. The van der Waals surface area contributed by atoms with Crippen molar-refractivity contribution in [2.45, 2.75) is 13.5 Å². The predicted octanol–water partition coefficient (Wildman–Crippen LogP) is 5.75. The fraction of sp³-hybridized carbons (Fsp3) is 0.294. The number of hydrogen-bond donors (Lipinski definition) is 1. The van der Waals surface area contributed by atoms with Gasteiger partial charge in [0.15, 0.2) is 0 Å². The van der Waals surface area contributed by atoms with Crippen LogP contribution in [-0.4, -0.2) is 69.9 Å². The summed E-state index contributed by atoms with van der Waals surface area (Å²) in [5.41, 5.74) is 5.35. The number of carbonyl (C=O) groups is 1. The minimum atomic E-state index is -0.145. The number of methoxy groups -OCH3 is 3. The second kappa shape index (κ2) is 13.9. The summed E-state index contributed by atoms with van der Waals surface area (Å²) < 4.78 is 22.5. The van der Waals surface area contributed by atoms with Gasteiger partial charge in [-0.2, -0.15) is 0 Å². The largest absolute Gasteiger partial charge is 0.497 e. The molecule has 1 saturated heterocycles. The van der Waals surface area contributed by atoms with E-state index in [1.54, 1.807) is 27.5 Å². The van der Waals surface area contributed by atoms with Crippen molar-refractivity contribution >= 4 is 17.3 Å². The van der Waals surface area contributed by atoms with Crippen molar-refractivity contribution in [3.05, 3.63) is 90.3 Å². The Labute approximate surface area is 253 Å². The Kier molecular flexibility index (Phi) is 9.63. The molecule has 0 atom stereocenters. The van der Waals surface area contributed by atoms with Crippen molar-refractivity contribution in [3.63, 3.8) is 0 Å². The summed E-state index contributed by atoms with van der Waals surface area (Å²) in [4.78, 5) is 21.8. The van der Waals surface area contributed by atoms with Crippen LogP contribution in [-0.2, 0) is 6.54 Å². The van der Waals surface area contributed by atoms with Crippen LogP contribution in [0.2, 0.25) is 0 Å². The molecule has 9 heteroatoms. The first-order valence-corrected chi connectivity index (χ1v) is 14.4. The van der Waals surface area contributed by atoms with Crippen molar-refractivity contribution in [2.24, 2.45) is 0 Å². The lowest BCUT2D eigenvalue weighted by atomic mass is 10.0. The number of amides is 1. The lowest BCUT2D eigenvalue weighted by Gasteiger charge is -2.36. The highest BCUT2D eigenvalue weighted by Gasteiger charge is 2.22. The molecule has 0 unspecified atom stereocenters. The van der Waals surface area contributed by atoms with Gasteiger partial charge in [0.05, 0.1) is 39.7 Å². The summed E-state index contributed by atoms with van der Waals surface area (Å²) in [6.45, 7) is 6.75. The monoisotopic (exact) mass is 582 g/mol. The van der Waals surface area contributed by atoms with E-state index in [2.05, 4.69) is 20.1 Å². The summed E-state index contributed by atoms with van der Waals surface area (Å²) in [6, 6.07) is 21.1. The summed E-state index contributed by atoms with van der Waals surface area (Å²) in [6.07, 6.45) is 3.53. The molecule has 4 aromatic rings. The number of anilines is 2. The molecule has 43 heavy (non-hydrogen) atoms. The molecule has 0 bridgehead atoms. The van der Waals surface area contributed by atoms with Crippen LogP contribution in [0.4, 0.5) is 11.4 Å². The molecule has 0 radical (unpaired) electrons. The molecule has 1 fully saturated rings. The number of piperazine rings is 1. The maximum Gasteiger partial charge on any atom is 0.255 e. The van der Waals surface area contributed by atoms with Gasteiger partial charge in [0.25, 0.3) is 5.91 Å². The Morgan fingerprint density at radius 1 is 0.791 bits per heavy atom. The molecule has 1 aliphatic heterocycles. The van der Waals surface area contributed by atoms with E-state index in [0.29, 0.717) is 18.7 Å². The zero-order valence-corrected chi connectivity index (χ0v) is 25.1. The van der Waals surface area contributed by atoms with Crippen molar-refractivity contribution in [3.8, 4) is 34.1 Å². The van der Waals surface area contributed by atoms with Crippen LogP contribution in [0.25, 0.3) is 11.1 Å². The van der Waals surface area contributed by atoms with Gasteiger partial charge < -0.3 is 29.2 Å². The van der Waals surface area contributed by atoms with E-state index < -0.39 is 0 Å². The van der Waals surface area contributed by atoms with Crippen LogP contribution in [0.5, 0.6) is 23.0 Å². The highest BCUT2D eigenvalue weighted by Crippen LogP contribution is 2.37. The maximum atomic E-state index is 12.7.